The first-order valence-electron chi connectivity index (χ1n) is 5.28. The molecule has 84 valence electrons. The van der Waals surface area contributed by atoms with Gasteiger partial charge in [-0.3, -0.25) is 0 Å². The number of hydrogen-bond donors (Lipinski definition) is 1. The lowest BCUT2D eigenvalue weighted by Crippen LogP contribution is -1.88. The minimum atomic E-state index is 0.872. The van der Waals surface area contributed by atoms with Crippen molar-refractivity contribution in [1.29, 1.82) is 0 Å². The van der Waals surface area contributed by atoms with Crippen LogP contribution in [-0.2, 0) is 5.75 Å². The molecule has 2 heteroatoms. The summed E-state index contributed by atoms with van der Waals surface area (Å²) in [6.45, 7) is 8.00. The highest BCUT2D eigenvalue weighted by molar-refractivity contribution is 8.01. The summed E-state index contributed by atoms with van der Waals surface area (Å²) in [5.41, 5.74) is 9.04. The Hall–Kier alpha value is -0.890. The van der Waals surface area contributed by atoms with Crippen molar-refractivity contribution in [2.24, 2.45) is 5.73 Å². The molecule has 0 heterocycles. The fourth-order valence-corrected chi connectivity index (χ4v) is 1.68. The molecule has 1 aromatic rings. The van der Waals surface area contributed by atoms with E-state index in [1.165, 1.54) is 11.1 Å². The Morgan fingerprint density at radius 3 is 2.27 bits per heavy atom. The largest absolute Gasteiger partial charge is 0.402 e. The van der Waals surface area contributed by atoms with E-state index >= 15 is 0 Å². The van der Waals surface area contributed by atoms with Crippen molar-refractivity contribution in [2.45, 2.75) is 33.4 Å². The quantitative estimate of drug-likeness (QED) is 0.835. The van der Waals surface area contributed by atoms with Crippen molar-refractivity contribution in [3.8, 4) is 0 Å². The number of allylic oxidation sites excluding steroid dienone is 1. The number of hydrogen-bond acceptors (Lipinski definition) is 2. The molecule has 1 nitrogen and oxygen atoms in total. The van der Waals surface area contributed by atoms with E-state index in [0.717, 1.165) is 11.4 Å². The maximum Gasteiger partial charge on any atom is 0.0226 e. The van der Waals surface area contributed by atoms with Crippen molar-refractivity contribution in [1.82, 2.24) is 0 Å². The minimum absolute atomic E-state index is 0.872. The zero-order valence-corrected chi connectivity index (χ0v) is 10.9. The van der Waals surface area contributed by atoms with Gasteiger partial charge < -0.3 is 5.73 Å². The van der Waals surface area contributed by atoms with Crippen LogP contribution in [0.5, 0.6) is 0 Å². The van der Waals surface area contributed by atoms with Crippen LogP contribution in [-0.4, -0.2) is 0 Å². The van der Waals surface area contributed by atoms with Gasteiger partial charge in [0.1, 0.15) is 0 Å². The maximum atomic E-state index is 5.52. The summed E-state index contributed by atoms with van der Waals surface area (Å²) in [4.78, 5) is 0. The van der Waals surface area contributed by atoms with E-state index < -0.39 is 0 Å². The number of benzene rings is 1. The van der Waals surface area contributed by atoms with Gasteiger partial charge in [0, 0.05) is 11.4 Å². The van der Waals surface area contributed by atoms with Gasteiger partial charge in [0.2, 0.25) is 0 Å². The molecule has 0 aliphatic rings. The molecular formula is C13H21NS. The normalized spacial score (nSPS) is 10.5. The Labute approximate surface area is 97.8 Å². The fourth-order valence-electron chi connectivity index (χ4n) is 0.954. The van der Waals surface area contributed by atoms with E-state index in [1.54, 1.807) is 11.8 Å². The Morgan fingerprint density at radius 2 is 1.80 bits per heavy atom. The zero-order valence-electron chi connectivity index (χ0n) is 10.1. The minimum Gasteiger partial charge on any atom is -0.402 e. The van der Waals surface area contributed by atoms with Crippen LogP contribution in [0.3, 0.4) is 0 Å². The van der Waals surface area contributed by atoms with E-state index in [4.69, 9.17) is 5.73 Å². The lowest BCUT2D eigenvalue weighted by molar-refractivity contribution is 1.33. The van der Waals surface area contributed by atoms with Crippen molar-refractivity contribution in [2.75, 3.05) is 0 Å². The van der Waals surface area contributed by atoms with Gasteiger partial charge in [-0.15, -0.1) is 11.8 Å². The predicted octanol–water partition coefficient (Wildman–Crippen LogP) is 4.07. The second-order valence-electron chi connectivity index (χ2n) is 3.16. The summed E-state index contributed by atoms with van der Waals surface area (Å²) in [5.74, 6) is 0.995. The lowest BCUT2D eigenvalue weighted by atomic mass is 10.2. The number of thioether (sulfide) groups is 1. The molecule has 0 aliphatic carbocycles. The molecular weight excluding hydrogens is 202 g/mol. The van der Waals surface area contributed by atoms with Crippen LogP contribution >= 0.6 is 11.8 Å². The maximum absolute atomic E-state index is 5.52. The van der Waals surface area contributed by atoms with Gasteiger partial charge in [-0.05, 0) is 24.8 Å². The highest BCUT2D eigenvalue weighted by Gasteiger charge is 1.90. The highest BCUT2D eigenvalue weighted by atomic mass is 32.2. The standard InChI is InChI=1S/C11H15NS.C2H6/c1-9-3-5-11(6-4-9)8-13-7-10(2)12;1-2/h3-7H,8,12H2,1-2H3;1-2H3/b10-7-;. The number of aryl methyl sites for hydroxylation is 1. The SMILES string of the molecule is C/C(N)=C/SCc1ccc(C)cc1.CC. The Bertz CT molecular complexity index is 284. The third-order valence-electron chi connectivity index (χ3n) is 1.64. The molecule has 15 heavy (non-hydrogen) atoms. The molecule has 1 rings (SSSR count). The topological polar surface area (TPSA) is 26.0 Å². The van der Waals surface area contributed by atoms with Crippen LogP contribution in [0.4, 0.5) is 0 Å². The van der Waals surface area contributed by atoms with Crippen molar-refractivity contribution < 1.29 is 0 Å². The first-order chi connectivity index (χ1) is 7.18. The monoisotopic (exact) mass is 223 g/mol. The molecule has 1 aromatic carbocycles. The second kappa shape index (κ2) is 8.42. The van der Waals surface area contributed by atoms with Gasteiger partial charge in [0.25, 0.3) is 0 Å². The summed E-state index contributed by atoms with van der Waals surface area (Å²) in [6.07, 6.45) is 0. The van der Waals surface area contributed by atoms with Crippen molar-refractivity contribution in [3.63, 3.8) is 0 Å². The molecule has 0 atom stereocenters. The van der Waals surface area contributed by atoms with E-state index in [2.05, 4.69) is 31.2 Å². The number of nitrogens with two attached hydrogens (primary N) is 1. The molecule has 0 saturated carbocycles. The zero-order chi connectivity index (χ0) is 11.7. The second-order valence-corrected chi connectivity index (χ2v) is 4.02. The third-order valence-corrected chi connectivity index (χ3v) is 2.68. The van der Waals surface area contributed by atoms with Crippen LogP contribution < -0.4 is 5.73 Å². The molecule has 0 fully saturated rings. The average Bonchev–Trinajstić information content (AvgIpc) is 2.23. The average molecular weight is 223 g/mol. The van der Waals surface area contributed by atoms with Crippen LogP contribution in [0.2, 0.25) is 0 Å². The van der Waals surface area contributed by atoms with Gasteiger partial charge in [-0.2, -0.15) is 0 Å². The molecule has 0 bridgehead atoms. The van der Waals surface area contributed by atoms with E-state index in [0.29, 0.717) is 0 Å². The molecule has 0 aromatic heterocycles. The Morgan fingerprint density at radius 1 is 1.27 bits per heavy atom. The summed E-state index contributed by atoms with van der Waals surface area (Å²) >= 11 is 1.73. The van der Waals surface area contributed by atoms with Crippen LogP contribution in [0.15, 0.2) is 35.4 Å². The molecule has 0 spiro atoms. The van der Waals surface area contributed by atoms with E-state index in [9.17, 15) is 0 Å². The summed E-state index contributed by atoms with van der Waals surface area (Å²) in [6, 6.07) is 8.58. The van der Waals surface area contributed by atoms with Crippen LogP contribution in [0.1, 0.15) is 31.9 Å². The third kappa shape index (κ3) is 7.09. The summed E-state index contributed by atoms with van der Waals surface area (Å²) in [7, 11) is 0. The Balaban J connectivity index is 0.000000921. The van der Waals surface area contributed by atoms with Crippen LogP contribution in [0, 0.1) is 6.92 Å². The molecule has 0 unspecified atom stereocenters. The van der Waals surface area contributed by atoms with Crippen LogP contribution in [0.25, 0.3) is 0 Å². The van der Waals surface area contributed by atoms with E-state index in [1.807, 2.05) is 26.2 Å². The van der Waals surface area contributed by atoms with Gasteiger partial charge in [0.05, 0.1) is 0 Å². The Kier molecular flexibility index (Phi) is 7.92. The summed E-state index contributed by atoms with van der Waals surface area (Å²) < 4.78 is 0. The molecule has 2 N–H and O–H groups in total. The smallest absolute Gasteiger partial charge is 0.0226 e. The van der Waals surface area contributed by atoms with Gasteiger partial charge in [-0.25, -0.2) is 0 Å². The van der Waals surface area contributed by atoms with Crippen molar-refractivity contribution >= 4 is 11.8 Å². The van der Waals surface area contributed by atoms with Crippen molar-refractivity contribution in [3.05, 3.63) is 46.5 Å². The van der Waals surface area contributed by atoms with Gasteiger partial charge in [-0.1, -0.05) is 43.7 Å². The number of rotatable bonds is 3. The van der Waals surface area contributed by atoms with E-state index in [-0.39, 0.29) is 0 Å². The molecule has 0 aliphatic heterocycles. The fraction of sp³-hybridized carbons (Fsp3) is 0.385. The molecule has 0 radical (unpaired) electrons. The molecule has 0 saturated heterocycles. The first kappa shape index (κ1) is 14.1. The first-order valence-corrected chi connectivity index (χ1v) is 6.33. The molecule has 0 amide bonds. The lowest BCUT2D eigenvalue weighted by Gasteiger charge is -1.98. The van der Waals surface area contributed by atoms with Gasteiger partial charge in [0.15, 0.2) is 0 Å². The highest BCUT2D eigenvalue weighted by Crippen LogP contribution is 2.14. The summed E-state index contributed by atoms with van der Waals surface area (Å²) in [5, 5.41) is 1.99. The van der Waals surface area contributed by atoms with Gasteiger partial charge >= 0.3 is 0 Å². The predicted molar refractivity (Wildman–Crippen MR) is 71.8 cm³/mol.